The molecule has 0 aromatic heterocycles. The van der Waals surface area contributed by atoms with Gasteiger partial charge in [-0.2, -0.15) is 0 Å². The first-order valence-corrected chi connectivity index (χ1v) is 6.77. The second kappa shape index (κ2) is 5.54. The van der Waals surface area contributed by atoms with Gasteiger partial charge in [0.25, 0.3) is 5.91 Å². The molecule has 2 aromatic rings. The summed E-state index contributed by atoms with van der Waals surface area (Å²) in [6.07, 6.45) is 0. The molecule has 0 aliphatic rings. The maximum atomic E-state index is 12.1. The lowest BCUT2D eigenvalue weighted by atomic mass is 10.1. The molecular formula is C13H10Br2N2O. The van der Waals surface area contributed by atoms with Crippen LogP contribution in [0.2, 0.25) is 0 Å². The Morgan fingerprint density at radius 1 is 1.11 bits per heavy atom. The number of carbonyl (C=O) groups is 1. The van der Waals surface area contributed by atoms with Crippen LogP contribution >= 0.6 is 31.9 Å². The summed E-state index contributed by atoms with van der Waals surface area (Å²) < 4.78 is 1.70. The number of nitrogens with two attached hydrogens (primary N) is 1. The number of para-hydroxylation sites is 1. The van der Waals surface area contributed by atoms with Crippen LogP contribution in [0.5, 0.6) is 0 Å². The molecule has 1 amide bonds. The highest BCUT2D eigenvalue weighted by Gasteiger charge is 2.10. The van der Waals surface area contributed by atoms with Gasteiger partial charge in [-0.1, -0.05) is 28.1 Å². The van der Waals surface area contributed by atoms with Crippen LogP contribution < -0.4 is 11.1 Å². The Bertz CT molecular complexity index is 599. The third-order valence-corrected chi connectivity index (χ3v) is 3.57. The van der Waals surface area contributed by atoms with Crippen molar-refractivity contribution in [3.05, 3.63) is 57.0 Å². The summed E-state index contributed by atoms with van der Waals surface area (Å²) in [6.45, 7) is 0. The van der Waals surface area contributed by atoms with Gasteiger partial charge in [0.2, 0.25) is 0 Å². The maximum absolute atomic E-state index is 12.1. The zero-order valence-corrected chi connectivity index (χ0v) is 12.5. The first kappa shape index (κ1) is 13.1. The smallest absolute Gasteiger partial charge is 0.257 e. The number of benzene rings is 2. The third kappa shape index (κ3) is 2.91. The Hall–Kier alpha value is -1.33. The lowest BCUT2D eigenvalue weighted by molar-refractivity contribution is 0.102. The number of halogens is 2. The van der Waals surface area contributed by atoms with Gasteiger partial charge in [-0.05, 0) is 46.3 Å². The predicted octanol–water partition coefficient (Wildman–Crippen LogP) is 4.05. The third-order valence-electron chi connectivity index (χ3n) is 2.38. The van der Waals surface area contributed by atoms with Crippen molar-refractivity contribution >= 4 is 49.1 Å². The summed E-state index contributed by atoms with van der Waals surface area (Å²) >= 11 is 6.74. The number of hydrogen-bond donors (Lipinski definition) is 2. The van der Waals surface area contributed by atoms with Crippen molar-refractivity contribution in [3.8, 4) is 0 Å². The predicted molar refractivity (Wildman–Crippen MR) is 80.6 cm³/mol. The molecule has 5 heteroatoms. The van der Waals surface area contributed by atoms with Gasteiger partial charge in [0, 0.05) is 14.6 Å². The number of hydrogen-bond acceptors (Lipinski definition) is 2. The first-order chi connectivity index (χ1) is 8.58. The molecule has 2 aromatic carbocycles. The zero-order chi connectivity index (χ0) is 13.1. The Morgan fingerprint density at radius 2 is 1.83 bits per heavy atom. The molecule has 0 aliphatic carbocycles. The fourth-order valence-electron chi connectivity index (χ4n) is 1.49. The maximum Gasteiger partial charge on any atom is 0.257 e. The van der Waals surface area contributed by atoms with Crippen LogP contribution in [0.25, 0.3) is 0 Å². The molecule has 0 saturated carbocycles. The minimum Gasteiger partial charge on any atom is -0.398 e. The quantitative estimate of drug-likeness (QED) is 0.784. The summed E-state index contributed by atoms with van der Waals surface area (Å²) in [5.74, 6) is -0.230. The lowest BCUT2D eigenvalue weighted by Crippen LogP contribution is -2.14. The van der Waals surface area contributed by atoms with E-state index in [9.17, 15) is 4.79 Å². The monoisotopic (exact) mass is 368 g/mol. The molecule has 3 nitrogen and oxygen atoms in total. The van der Waals surface area contributed by atoms with Crippen LogP contribution in [0.1, 0.15) is 10.4 Å². The van der Waals surface area contributed by atoms with E-state index in [4.69, 9.17) is 5.73 Å². The van der Waals surface area contributed by atoms with Crippen LogP contribution in [-0.4, -0.2) is 5.91 Å². The molecule has 0 bridgehead atoms. The van der Waals surface area contributed by atoms with E-state index < -0.39 is 0 Å². The standard InChI is InChI=1S/C13H10Br2N2O/c14-8-5-6-10(15)12(7-8)17-13(18)9-3-1-2-4-11(9)16/h1-7H,16H2,(H,17,18). The minimum absolute atomic E-state index is 0.230. The van der Waals surface area contributed by atoms with E-state index in [0.29, 0.717) is 16.9 Å². The van der Waals surface area contributed by atoms with Gasteiger partial charge < -0.3 is 11.1 Å². The first-order valence-electron chi connectivity index (χ1n) is 5.19. The topological polar surface area (TPSA) is 55.1 Å². The van der Waals surface area contributed by atoms with Gasteiger partial charge in [0.05, 0.1) is 11.3 Å². The largest absolute Gasteiger partial charge is 0.398 e. The van der Waals surface area contributed by atoms with Crippen LogP contribution in [0.4, 0.5) is 11.4 Å². The summed E-state index contributed by atoms with van der Waals surface area (Å²) in [5.41, 5.74) is 7.38. The van der Waals surface area contributed by atoms with E-state index in [1.54, 1.807) is 24.3 Å². The van der Waals surface area contributed by atoms with E-state index in [2.05, 4.69) is 37.2 Å². The van der Waals surface area contributed by atoms with Crippen LogP contribution in [0.3, 0.4) is 0 Å². The highest BCUT2D eigenvalue weighted by molar-refractivity contribution is 9.11. The number of anilines is 2. The zero-order valence-electron chi connectivity index (χ0n) is 9.28. The molecule has 0 radical (unpaired) electrons. The van der Waals surface area contributed by atoms with Gasteiger partial charge in [0.1, 0.15) is 0 Å². The minimum atomic E-state index is -0.230. The van der Waals surface area contributed by atoms with E-state index in [1.165, 1.54) is 0 Å². The van der Waals surface area contributed by atoms with Gasteiger partial charge in [-0.25, -0.2) is 0 Å². The normalized spacial score (nSPS) is 10.1. The molecule has 0 saturated heterocycles. The molecular weight excluding hydrogens is 360 g/mol. The number of carbonyl (C=O) groups excluding carboxylic acids is 1. The summed E-state index contributed by atoms with van der Waals surface area (Å²) in [6, 6.07) is 12.5. The van der Waals surface area contributed by atoms with Crippen LogP contribution in [-0.2, 0) is 0 Å². The Balaban J connectivity index is 2.27. The van der Waals surface area contributed by atoms with Gasteiger partial charge in [0.15, 0.2) is 0 Å². The van der Waals surface area contributed by atoms with Crippen molar-refractivity contribution in [2.24, 2.45) is 0 Å². The fraction of sp³-hybridized carbons (Fsp3) is 0. The summed E-state index contributed by atoms with van der Waals surface area (Å²) in [4.78, 5) is 12.1. The Labute approximate surface area is 122 Å². The molecule has 0 unspecified atom stereocenters. The average Bonchev–Trinajstić information content (AvgIpc) is 2.34. The molecule has 3 N–H and O–H groups in total. The molecule has 0 spiro atoms. The second-order valence-electron chi connectivity index (χ2n) is 3.67. The van der Waals surface area contributed by atoms with Crippen LogP contribution in [0.15, 0.2) is 51.4 Å². The number of nitrogen functional groups attached to an aromatic ring is 1. The summed E-state index contributed by atoms with van der Waals surface area (Å²) in [5, 5.41) is 2.81. The molecule has 2 rings (SSSR count). The average molecular weight is 370 g/mol. The van der Waals surface area contributed by atoms with Crippen molar-refractivity contribution in [1.29, 1.82) is 0 Å². The Morgan fingerprint density at radius 3 is 2.56 bits per heavy atom. The number of amides is 1. The van der Waals surface area contributed by atoms with Crippen molar-refractivity contribution in [3.63, 3.8) is 0 Å². The molecule has 0 aliphatic heterocycles. The molecule has 0 heterocycles. The molecule has 18 heavy (non-hydrogen) atoms. The van der Waals surface area contributed by atoms with Gasteiger partial charge in [-0.3, -0.25) is 4.79 Å². The number of rotatable bonds is 2. The Kier molecular flexibility index (Phi) is 4.04. The SMILES string of the molecule is Nc1ccccc1C(=O)Nc1cc(Br)ccc1Br. The number of nitrogens with one attached hydrogen (secondary N) is 1. The van der Waals surface area contributed by atoms with Crippen LogP contribution in [0, 0.1) is 0 Å². The van der Waals surface area contributed by atoms with Crippen molar-refractivity contribution in [1.82, 2.24) is 0 Å². The highest BCUT2D eigenvalue weighted by Crippen LogP contribution is 2.27. The molecule has 0 fully saturated rings. The van der Waals surface area contributed by atoms with E-state index in [-0.39, 0.29) is 5.91 Å². The van der Waals surface area contributed by atoms with Gasteiger partial charge >= 0.3 is 0 Å². The highest BCUT2D eigenvalue weighted by atomic mass is 79.9. The second-order valence-corrected chi connectivity index (χ2v) is 5.44. The molecule has 92 valence electrons. The lowest BCUT2D eigenvalue weighted by Gasteiger charge is -2.09. The summed E-state index contributed by atoms with van der Waals surface area (Å²) in [7, 11) is 0. The molecule has 0 atom stereocenters. The van der Waals surface area contributed by atoms with Crippen molar-refractivity contribution in [2.75, 3.05) is 11.1 Å². The van der Waals surface area contributed by atoms with E-state index in [0.717, 1.165) is 8.95 Å². The van der Waals surface area contributed by atoms with E-state index >= 15 is 0 Å². The van der Waals surface area contributed by atoms with E-state index in [1.807, 2.05) is 18.2 Å². The van der Waals surface area contributed by atoms with Crippen molar-refractivity contribution in [2.45, 2.75) is 0 Å². The fourth-order valence-corrected chi connectivity index (χ4v) is 2.19. The van der Waals surface area contributed by atoms with Gasteiger partial charge in [-0.15, -0.1) is 0 Å². The van der Waals surface area contributed by atoms with Crippen molar-refractivity contribution < 1.29 is 4.79 Å².